The lowest BCUT2D eigenvalue weighted by atomic mass is 10.2. The fraction of sp³-hybridized carbons (Fsp3) is 0.714. The molecule has 2 heterocycles. The van der Waals surface area contributed by atoms with E-state index in [0.717, 1.165) is 30.2 Å². The van der Waals surface area contributed by atoms with Gasteiger partial charge in [0.15, 0.2) is 9.84 Å². The Bertz CT molecular complexity index is 551. The van der Waals surface area contributed by atoms with Crippen molar-refractivity contribution in [1.29, 1.82) is 0 Å². The maximum atomic E-state index is 11.6. The van der Waals surface area contributed by atoms with E-state index >= 15 is 0 Å². The maximum Gasteiger partial charge on any atom is 0.153 e. The van der Waals surface area contributed by atoms with E-state index in [0.29, 0.717) is 13.1 Å². The fourth-order valence-corrected chi connectivity index (χ4v) is 4.18. The first kappa shape index (κ1) is 15.5. The minimum atomic E-state index is -2.85. The monoisotopic (exact) mass is 300 g/mol. The van der Waals surface area contributed by atoms with Crippen LogP contribution in [0.1, 0.15) is 30.9 Å². The van der Waals surface area contributed by atoms with Crippen molar-refractivity contribution in [1.82, 2.24) is 10.2 Å². The van der Waals surface area contributed by atoms with Crippen molar-refractivity contribution in [2.24, 2.45) is 0 Å². The highest BCUT2D eigenvalue weighted by Crippen LogP contribution is 2.19. The van der Waals surface area contributed by atoms with E-state index in [1.807, 2.05) is 13.8 Å². The maximum absolute atomic E-state index is 11.6. The molecule has 1 aliphatic heterocycles. The summed E-state index contributed by atoms with van der Waals surface area (Å²) in [5.41, 5.74) is 1.15. The second-order valence-corrected chi connectivity index (χ2v) is 7.76. The highest BCUT2D eigenvalue weighted by Gasteiger charge is 2.28. The molecule has 5 nitrogen and oxygen atoms in total. The molecule has 0 bridgehead atoms. The van der Waals surface area contributed by atoms with Crippen LogP contribution in [0.4, 0.5) is 0 Å². The summed E-state index contributed by atoms with van der Waals surface area (Å²) in [6, 6.07) is 2.11. The van der Waals surface area contributed by atoms with Crippen LogP contribution in [0.25, 0.3) is 0 Å². The van der Waals surface area contributed by atoms with Gasteiger partial charge in [-0.3, -0.25) is 4.90 Å². The quantitative estimate of drug-likeness (QED) is 0.888. The second kappa shape index (κ2) is 6.28. The predicted octanol–water partition coefficient (Wildman–Crippen LogP) is 1.32. The number of hydrogen-bond acceptors (Lipinski definition) is 5. The Morgan fingerprint density at radius 3 is 2.90 bits per heavy atom. The standard InChI is InChI=1S/C14H24N2O3S/c1-4-15-8-14-11(2)7-13(19-14)9-16-5-6-20(17,18)10-12(16)3/h7,12,15H,4-6,8-10H2,1-3H3. The van der Waals surface area contributed by atoms with E-state index in [4.69, 9.17) is 4.42 Å². The molecule has 1 unspecified atom stereocenters. The smallest absolute Gasteiger partial charge is 0.153 e. The molecule has 0 radical (unpaired) electrons. The van der Waals surface area contributed by atoms with E-state index in [9.17, 15) is 8.42 Å². The summed E-state index contributed by atoms with van der Waals surface area (Å²) in [5, 5.41) is 3.26. The van der Waals surface area contributed by atoms with Gasteiger partial charge in [0.1, 0.15) is 11.5 Å². The highest BCUT2D eigenvalue weighted by molar-refractivity contribution is 7.91. The van der Waals surface area contributed by atoms with Gasteiger partial charge < -0.3 is 9.73 Å². The van der Waals surface area contributed by atoms with Crippen LogP contribution in [0, 0.1) is 6.92 Å². The van der Waals surface area contributed by atoms with Gasteiger partial charge in [0.05, 0.1) is 24.6 Å². The first-order valence-electron chi connectivity index (χ1n) is 7.14. The van der Waals surface area contributed by atoms with Crippen molar-refractivity contribution in [3.8, 4) is 0 Å². The number of aryl methyl sites for hydroxylation is 1. The van der Waals surface area contributed by atoms with Gasteiger partial charge in [0, 0.05) is 12.6 Å². The molecular formula is C14H24N2O3S. The van der Waals surface area contributed by atoms with Gasteiger partial charge >= 0.3 is 0 Å². The number of furan rings is 1. The summed E-state index contributed by atoms with van der Waals surface area (Å²) >= 11 is 0. The Hall–Kier alpha value is -0.850. The van der Waals surface area contributed by atoms with Crippen molar-refractivity contribution >= 4 is 9.84 Å². The first-order chi connectivity index (χ1) is 9.41. The molecule has 1 fully saturated rings. The molecule has 114 valence electrons. The summed E-state index contributed by atoms with van der Waals surface area (Å²) < 4.78 is 29.0. The number of nitrogens with one attached hydrogen (secondary N) is 1. The largest absolute Gasteiger partial charge is 0.463 e. The lowest BCUT2D eigenvalue weighted by Gasteiger charge is -2.32. The minimum absolute atomic E-state index is 0.0522. The van der Waals surface area contributed by atoms with Gasteiger partial charge in [-0.25, -0.2) is 8.42 Å². The van der Waals surface area contributed by atoms with Crippen LogP contribution in [-0.4, -0.2) is 44.0 Å². The van der Waals surface area contributed by atoms with Crippen LogP contribution in [0.2, 0.25) is 0 Å². The molecule has 0 aliphatic carbocycles. The van der Waals surface area contributed by atoms with Crippen LogP contribution in [0.5, 0.6) is 0 Å². The average Bonchev–Trinajstić information content (AvgIpc) is 2.70. The Morgan fingerprint density at radius 2 is 2.25 bits per heavy atom. The van der Waals surface area contributed by atoms with Gasteiger partial charge in [-0.1, -0.05) is 6.92 Å². The molecule has 1 N–H and O–H groups in total. The SMILES string of the molecule is CCNCc1oc(CN2CCS(=O)(=O)CC2C)cc1C. The van der Waals surface area contributed by atoms with Gasteiger partial charge in [-0.05, 0) is 32.0 Å². The molecular weight excluding hydrogens is 276 g/mol. The van der Waals surface area contributed by atoms with Crippen LogP contribution in [0.3, 0.4) is 0 Å². The van der Waals surface area contributed by atoms with Crippen molar-refractivity contribution < 1.29 is 12.8 Å². The summed E-state index contributed by atoms with van der Waals surface area (Å²) in [6.07, 6.45) is 0. The summed E-state index contributed by atoms with van der Waals surface area (Å²) in [6.45, 7) is 9.00. The molecule has 0 spiro atoms. The molecule has 1 saturated heterocycles. The molecule has 0 saturated carbocycles. The van der Waals surface area contributed by atoms with Crippen LogP contribution in [-0.2, 0) is 22.9 Å². The van der Waals surface area contributed by atoms with Crippen molar-refractivity contribution in [2.75, 3.05) is 24.6 Å². The Balaban J connectivity index is 2.00. The topological polar surface area (TPSA) is 62.6 Å². The third-order valence-electron chi connectivity index (χ3n) is 3.77. The molecule has 0 aromatic carbocycles. The molecule has 1 aromatic heterocycles. The van der Waals surface area contributed by atoms with Crippen LogP contribution >= 0.6 is 0 Å². The van der Waals surface area contributed by atoms with E-state index < -0.39 is 9.84 Å². The number of rotatable bonds is 5. The lowest BCUT2D eigenvalue weighted by molar-refractivity contribution is 0.199. The molecule has 0 amide bonds. The molecule has 2 rings (SSSR count). The van der Waals surface area contributed by atoms with Crippen LogP contribution in [0.15, 0.2) is 10.5 Å². The zero-order valence-corrected chi connectivity index (χ0v) is 13.3. The lowest BCUT2D eigenvalue weighted by Crippen LogP contribution is -2.46. The minimum Gasteiger partial charge on any atom is -0.463 e. The third kappa shape index (κ3) is 3.84. The van der Waals surface area contributed by atoms with Crippen molar-refractivity contribution in [3.63, 3.8) is 0 Å². The number of hydrogen-bond donors (Lipinski definition) is 1. The zero-order valence-electron chi connectivity index (χ0n) is 12.5. The second-order valence-electron chi connectivity index (χ2n) is 5.53. The number of nitrogens with zero attached hydrogens (tertiary/aromatic N) is 1. The van der Waals surface area contributed by atoms with Crippen LogP contribution < -0.4 is 5.32 Å². The fourth-order valence-electron chi connectivity index (χ4n) is 2.55. The van der Waals surface area contributed by atoms with E-state index in [-0.39, 0.29) is 17.5 Å². The summed E-state index contributed by atoms with van der Waals surface area (Å²) in [7, 11) is -2.85. The molecule has 20 heavy (non-hydrogen) atoms. The van der Waals surface area contributed by atoms with E-state index in [1.165, 1.54) is 0 Å². The molecule has 1 aromatic rings. The zero-order chi connectivity index (χ0) is 14.8. The third-order valence-corrected chi connectivity index (χ3v) is 5.57. The molecule has 1 aliphatic rings. The van der Waals surface area contributed by atoms with Gasteiger partial charge in [-0.2, -0.15) is 0 Å². The highest BCUT2D eigenvalue weighted by atomic mass is 32.2. The van der Waals surface area contributed by atoms with Crippen molar-refractivity contribution in [3.05, 3.63) is 23.2 Å². The summed E-state index contributed by atoms with van der Waals surface area (Å²) in [5.74, 6) is 2.39. The Labute approximate surface area is 121 Å². The summed E-state index contributed by atoms with van der Waals surface area (Å²) in [4.78, 5) is 2.18. The van der Waals surface area contributed by atoms with E-state index in [2.05, 4.69) is 23.2 Å². The molecule has 6 heteroatoms. The number of sulfone groups is 1. The molecule has 1 atom stereocenters. The van der Waals surface area contributed by atoms with Crippen molar-refractivity contribution in [2.45, 2.75) is 39.9 Å². The van der Waals surface area contributed by atoms with Gasteiger partial charge in [-0.15, -0.1) is 0 Å². The first-order valence-corrected chi connectivity index (χ1v) is 8.97. The van der Waals surface area contributed by atoms with Gasteiger partial charge in [0.25, 0.3) is 0 Å². The van der Waals surface area contributed by atoms with E-state index in [1.54, 1.807) is 0 Å². The Morgan fingerprint density at radius 1 is 1.50 bits per heavy atom. The Kier molecular flexibility index (Phi) is 4.88. The average molecular weight is 300 g/mol. The normalized spacial score (nSPS) is 23.1. The van der Waals surface area contributed by atoms with Gasteiger partial charge in [0.2, 0.25) is 0 Å². The predicted molar refractivity (Wildman–Crippen MR) is 79.4 cm³/mol.